The molecule has 10 nitrogen and oxygen atoms in total. The molecule has 1 aromatic heterocycles. The van der Waals surface area contributed by atoms with Crippen LogP contribution in [0.25, 0.3) is 21.9 Å². The molecule has 0 unspecified atom stereocenters. The number of aromatic hydroxyl groups is 1. The van der Waals surface area contributed by atoms with Crippen molar-refractivity contribution in [2.45, 2.75) is 118 Å². The number of benzene rings is 2. The second-order valence-electron chi connectivity index (χ2n) is 15.2. The van der Waals surface area contributed by atoms with Crippen LogP contribution in [0.2, 0.25) is 0 Å². The van der Waals surface area contributed by atoms with Gasteiger partial charge in [-0.1, -0.05) is 23.3 Å². The van der Waals surface area contributed by atoms with Gasteiger partial charge in [0, 0.05) is 35.3 Å². The van der Waals surface area contributed by atoms with E-state index in [0.717, 1.165) is 75.9 Å². The van der Waals surface area contributed by atoms with Gasteiger partial charge < -0.3 is 33.7 Å². The highest BCUT2D eigenvalue weighted by molar-refractivity contribution is 5.97. The lowest BCUT2D eigenvalue weighted by Crippen LogP contribution is -2.34. The van der Waals surface area contributed by atoms with E-state index < -0.39 is 0 Å². The van der Waals surface area contributed by atoms with Crippen LogP contribution < -0.4 is 14.9 Å². The van der Waals surface area contributed by atoms with Gasteiger partial charge >= 0.3 is 0 Å². The number of phenolic OH excluding ortho intramolecular Hbond substituents is 1. The summed E-state index contributed by atoms with van der Waals surface area (Å²) in [6, 6.07) is 4.34. The summed E-state index contributed by atoms with van der Waals surface area (Å²) >= 11 is 0. The molecule has 2 saturated heterocycles. The second kappa shape index (κ2) is 19.5. The highest BCUT2D eigenvalue weighted by Crippen LogP contribution is 2.39. The minimum Gasteiger partial charge on any atom is -0.507 e. The van der Waals surface area contributed by atoms with Crippen LogP contribution in [-0.2, 0) is 29.0 Å². The molecule has 2 aliphatic heterocycles. The van der Waals surface area contributed by atoms with Crippen LogP contribution in [0.15, 0.2) is 44.6 Å². The van der Waals surface area contributed by atoms with Gasteiger partial charge in [0.2, 0.25) is 5.43 Å². The molecule has 2 N–H and O–H groups in total. The van der Waals surface area contributed by atoms with Crippen LogP contribution >= 0.6 is 0 Å². The molecular formula is C43H60N2O8. The minimum atomic E-state index is -0.347. The third-order valence-corrected chi connectivity index (χ3v) is 10.8. The molecule has 10 heteroatoms. The van der Waals surface area contributed by atoms with Gasteiger partial charge in [0.05, 0.1) is 25.2 Å². The number of aliphatic hydroxyl groups is 1. The van der Waals surface area contributed by atoms with Crippen LogP contribution in [0.4, 0.5) is 0 Å². The number of carbonyl (C=O) groups is 1. The van der Waals surface area contributed by atoms with E-state index >= 15 is 0 Å². The SMILES string of the molecule is CC(C)=CCc1c(OCCCCN2CCC[C@@H]2C)cc2oc3cc(OCCCCN4CCC[C@@H]4COC=O)c(CO)c(CC=C(C)C)c3c(=O)c2c1O. The molecule has 0 bridgehead atoms. The van der Waals surface area contributed by atoms with E-state index in [1.807, 2.05) is 39.8 Å². The predicted molar refractivity (Wildman–Crippen MR) is 210 cm³/mol. The van der Waals surface area contributed by atoms with E-state index in [-0.39, 0.29) is 34.8 Å². The van der Waals surface area contributed by atoms with Crippen molar-refractivity contribution in [3.05, 3.63) is 62.3 Å². The predicted octanol–water partition coefficient (Wildman–Crippen LogP) is 7.60. The number of phenols is 1. The Labute approximate surface area is 314 Å². The maximum absolute atomic E-state index is 14.5. The zero-order valence-corrected chi connectivity index (χ0v) is 32.5. The monoisotopic (exact) mass is 732 g/mol. The Balaban J connectivity index is 1.44. The number of nitrogens with zero attached hydrogens (tertiary/aromatic N) is 2. The highest BCUT2D eigenvalue weighted by Gasteiger charge is 2.26. The van der Waals surface area contributed by atoms with Crippen molar-refractivity contribution in [3.8, 4) is 17.2 Å². The Bertz CT molecular complexity index is 1820. The third kappa shape index (κ3) is 10.2. The molecule has 53 heavy (non-hydrogen) atoms. The second-order valence-corrected chi connectivity index (χ2v) is 15.2. The summed E-state index contributed by atoms with van der Waals surface area (Å²) in [5, 5.41) is 22.9. The summed E-state index contributed by atoms with van der Waals surface area (Å²) in [6.07, 6.45) is 13.0. The summed E-state index contributed by atoms with van der Waals surface area (Å²) in [4.78, 5) is 30.1. The maximum atomic E-state index is 14.5. The van der Waals surface area contributed by atoms with E-state index in [9.17, 15) is 19.8 Å². The molecular weight excluding hydrogens is 672 g/mol. The van der Waals surface area contributed by atoms with Crippen molar-refractivity contribution < 1.29 is 33.6 Å². The highest BCUT2D eigenvalue weighted by atomic mass is 16.5. The van der Waals surface area contributed by atoms with Gasteiger partial charge in [0.1, 0.15) is 40.4 Å². The number of unbranched alkanes of at least 4 members (excludes halogenated alkanes) is 2. The third-order valence-electron chi connectivity index (χ3n) is 10.8. The average Bonchev–Trinajstić information content (AvgIpc) is 3.76. The molecule has 3 heterocycles. The molecule has 0 radical (unpaired) electrons. The number of aliphatic hydroxyl groups excluding tert-OH is 1. The zero-order valence-electron chi connectivity index (χ0n) is 32.5. The molecule has 2 atom stereocenters. The molecule has 5 rings (SSSR count). The molecule has 2 aliphatic rings. The lowest BCUT2D eigenvalue weighted by Gasteiger charge is -2.23. The Morgan fingerprint density at radius 1 is 0.830 bits per heavy atom. The molecule has 3 aromatic rings. The van der Waals surface area contributed by atoms with Crippen LogP contribution in [0.1, 0.15) is 103 Å². The van der Waals surface area contributed by atoms with Crippen molar-refractivity contribution in [1.82, 2.24) is 9.80 Å². The zero-order chi connectivity index (χ0) is 37.9. The summed E-state index contributed by atoms with van der Waals surface area (Å²) in [7, 11) is 0. The number of hydrogen-bond donors (Lipinski definition) is 2. The lowest BCUT2D eigenvalue weighted by atomic mass is 9.95. The molecule has 0 amide bonds. The van der Waals surface area contributed by atoms with Crippen LogP contribution in [-0.4, -0.2) is 84.6 Å². The molecule has 290 valence electrons. The fourth-order valence-electron chi connectivity index (χ4n) is 7.78. The van der Waals surface area contributed by atoms with E-state index in [1.54, 1.807) is 12.1 Å². The van der Waals surface area contributed by atoms with E-state index in [0.29, 0.717) is 84.3 Å². The smallest absolute Gasteiger partial charge is 0.293 e. The Morgan fingerprint density at radius 3 is 2.02 bits per heavy atom. The number of allylic oxidation sites excluding steroid dienone is 4. The Hall–Kier alpha value is -3.86. The fraction of sp³-hybridized carbons (Fsp3) is 0.581. The first-order chi connectivity index (χ1) is 25.6. The first-order valence-corrected chi connectivity index (χ1v) is 19.6. The van der Waals surface area contributed by atoms with Crippen molar-refractivity contribution in [3.63, 3.8) is 0 Å². The molecule has 2 fully saturated rings. The van der Waals surface area contributed by atoms with Crippen molar-refractivity contribution in [1.29, 1.82) is 0 Å². The van der Waals surface area contributed by atoms with E-state index in [2.05, 4.69) is 16.7 Å². The van der Waals surface area contributed by atoms with Gasteiger partial charge in [-0.05, 0) is 131 Å². The number of likely N-dealkylation sites (tertiary alicyclic amines) is 2. The van der Waals surface area contributed by atoms with Crippen molar-refractivity contribution >= 4 is 28.4 Å². The molecule has 2 aromatic carbocycles. The largest absolute Gasteiger partial charge is 0.507 e. The minimum absolute atomic E-state index is 0.111. The van der Waals surface area contributed by atoms with Gasteiger partial charge in [-0.25, -0.2) is 0 Å². The van der Waals surface area contributed by atoms with Crippen LogP contribution in [0.5, 0.6) is 17.2 Å². The van der Waals surface area contributed by atoms with E-state index in [4.69, 9.17) is 18.6 Å². The summed E-state index contributed by atoms with van der Waals surface area (Å²) < 4.78 is 24.1. The van der Waals surface area contributed by atoms with Crippen LogP contribution in [0, 0.1) is 0 Å². The maximum Gasteiger partial charge on any atom is 0.293 e. The van der Waals surface area contributed by atoms with Crippen molar-refractivity contribution in [2.24, 2.45) is 0 Å². The standard InChI is InChI=1S/C43H60N2O8/c1-29(2)14-16-33-35(26-46)37(52-23-9-7-19-45-21-11-13-32(45)27-50-28-47)25-38-40(33)43(49)41-39(53-38)24-36(34(42(41)48)17-15-30(3)4)51-22-8-6-18-44-20-10-12-31(44)5/h14-15,24-25,28,31-32,46,48H,6-13,16-23,26-27H2,1-5H3/t31-,32+/m0/s1. The van der Waals surface area contributed by atoms with Gasteiger partial charge in [0.25, 0.3) is 6.47 Å². The number of ether oxygens (including phenoxy) is 3. The Kier molecular flexibility index (Phi) is 14.8. The first kappa shape index (κ1) is 40.3. The van der Waals surface area contributed by atoms with Crippen LogP contribution in [0.3, 0.4) is 0 Å². The number of rotatable bonds is 20. The molecule has 0 aliphatic carbocycles. The van der Waals surface area contributed by atoms with Gasteiger partial charge in [0.15, 0.2) is 0 Å². The van der Waals surface area contributed by atoms with Gasteiger partial charge in [-0.3, -0.25) is 14.5 Å². The summed E-state index contributed by atoms with van der Waals surface area (Å²) in [6.45, 7) is 15.9. The van der Waals surface area contributed by atoms with Crippen molar-refractivity contribution in [2.75, 3.05) is 46.0 Å². The summed E-state index contributed by atoms with van der Waals surface area (Å²) in [5.74, 6) is 0.857. The Morgan fingerprint density at radius 2 is 1.42 bits per heavy atom. The molecule has 0 spiro atoms. The normalized spacial score (nSPS) is 17.8. The van der Waals surface area contributed by atoms with E-state index in [1.165, 1.54) is 12.8 Å². The van der Waals surface area contributed by atoms with Gasteiger partial charge in [-0.15, -0.1) is 0 Å². The lowest BCUT2D eigenvalue weighted by molar-refractivity contribution is -0.130. The van der Waals surface area contributed by atoms with Gasteiger partial charge in [-0.2, -0.15) is 0 Å². The summed E-state index contributed by atoms with van der Waals surface area (Å²) in [5.41, 5.74) is 4.13. The topological polar surface area (TPSA) is 122 Å². The molecule has 0 saturated carbocycles. The number of fused-ring (bicyclic) bond motifs is 2. The average molecular weight is 733 g/mol. The number of carbonyl (C=O) groups excluding carboxylic acids is 1. The number of hydrogen-bond acceptors (Lipinski definition) is 10. The first-order valence-electron chi connectivity index (χ1n) is 19.6. The quantitative estimate of drug-likeness (QED) is 0.0520. The fourth-order valence-corrected chi connectivity index (χ4v) is 7.78.